The molecule has 1 fully saturated rings. The molecule has 0 unspecified atom stereocenters. The van der Waals surface area contributed by atoms with Crippen LogP contribution >= 0.6 is 0 Å². The Balaban J connectivity index is 1.91. The third kappa shape index (κ3) is 3.26. The van der Waals surface area contributed by atoms with Gasteiger partial charge in [-0.25, -0.2) is 4.98 Å². The molecule has 1 aliphatic heterocycles. The smallest absolute Gasteiger partial charge is 0.140 e. The van der Waals surface area contributed by atoms with Crippen molar-refractivity contribution in [2.75, 3.05) is 19.7 Å². The van der Waals surface area contributed by atoms with Crippen molar-refractivity contribution >= 4 is 0 Å². The maximum absolute atomic E-state index is 9.07. The molecule has 0 atom stereocenters. The van der Waals surface area contributed by atoms with Crippen LogP contribution < -0.4 is 0 Å². The highest BCUT2D eigenvalue weighted by molar-refractivity contribution is 5.25. The van der Waals surface area contributed by atoms with Gasteiger partial charge < -0.3 is 5.11 Å². The highest BCUT2D eigenvalue weighted by Gasteiger charge is 2.18. The first-order valence-electron chi connectivity index (χ1n) is 6.00. The minimum absolute atomic E-state index is 0.307. The van der Waals surface area contributed by atoms with Crippen LogP contribution in [0.15, 0.2) is 18.3 Å². The summed E-state index contributed by atoms with van der Waals surface area (Å²) in [7, 11) is 0. The molecule has 90 valence electrons. The lowest BCUT2D eigenvalue weighted by atomic mass is 9.97. The molecule has 2 heterocycles. The number of piperidine rings is 1. The summed E-state index contributed by atoms with van der Waals surface area (Å²) in [6.45, 7) is 3.22. The zero-order valence-corrected chi connectivity index (χ0v) is 9.84. The van der Waals surface area contributed by atoms with Crippen LogP contribution in [0.4, 0.5) is 0 Å². The van der Waals surface area contributed by atoms with Gasteiger partial charge in [0.05, 0.1) is 0 Å². The van der Waals surface area contributed by atoms with Gasteiger partial charge in [-0.05, 0) is 49.5 Å². The number of pyridine rings is 1. The van der Waals surface area contributed by atoms with Crippen LogP contribution in [-0.2, 0) is 6.54 Å². The van der Waals surface area contributed by atoms with Gasteiger partial charge in [0.15, 0.2) is 0 Å². The predicted molar refractivity (Wildman–Crippen MR) is 64.0 cm³/mol. The average molecular weight is 231 g/mol. The molecule has 0 aliphatic carbocycles. The molecule has 0 spiro atoms. The quantitative estimate of drug-likeness (QED) is 0.848. The molecule has 1 aliphatic rings. The van der Waals surface area contributed by atoms with Crippen molar-refractivity contribution in [3.8, 4) is 6.07 Å². The van der Waals surface area contributed by atoms with Gasteiger partial charge in [0.25, 0.3) is 0 Å². The van der Waals surface area contributed by atoms with Gasteiger partial charge in [-0.3, -0.25) is 4.90 Å². The van der Waals surface area contributed by atoms with Crippen molar-refractivity contribution in [2.24, 2.45) is 5.92 Å². The summed E-state index contributed by atoms with van der Waals surface area (Å²) in [5, 5.41) is 17.9. The van der Waals surface area contributed by atoms with Crippen molar-refractivity contribution in [2.45, 2.75) is 19.4 Å². The molecular formula is C13H17N3O. The maximum atomic E-state index is 9.07. The van der Waals surface area contributed by atoms with Crippen molar-refractivity contribution in [3.05, 3.63) is 29.6 Å². The van der Waals surface area contributed by atoms with Crippen molar-refractivity contribution in [1.29, 1.82) is 5.26 Å². The summed E-state index contributed by atoms with van der Waals surface area (Å²) in [5.74, 6) is 0.471. The molecule has 0 bridgehead atoms. The molecule has 0 saturated carbocycles. The SMILES string of the molecule is N#Cc1cc(CN2CCC(CO)CC2)ccn1. The van der Waals surface area contributed by atoms with E-state index in [0.29, 0.717) is 18.2 Å². The highest BCUT2D eigenvalue weighted by atomic mass is 16.3. The molecule has 0 aromatic carbocycles. The monoisotopic (exact) mass is 231 g/mol. The molecule has 1 aromatic heterocycles. The predicted octanol–water partition coefficient (Wildman–Crippen LogP) is 1.16. The van der Waals surface area contributed by atoms with E-state index in [-0.39, 0.29) is 0 Å². The van der Waals surface area contributed by atoms with Gasteiger partial charge in [0.2, 0.25) is 0 Å². The van der Waals surface area contributed by atoms with Gasteiger partial charge in [0.1, 0.15) is 11.8 Å². The van der Waals surface area contributed by atoms with Crippen LogP contribution in [0.5, 0.6) is 0 Å². The normalized spacial score (nSPS) is 17.9. The van der Waals surface area contributed by atoms with Crippen LogP contribution in [-0.4, -0.2) is 34.7 Å². The Kier molecular flexibility index (Phi) is 4.08. The van der Waals surface area contributed by atoms with Crippen molar-refractivity contribution in [3.63, 3.8) is 0 Å². The second-order valence-corrected chi connectivity index (χ2v) is 4.56. The number of aliphatic hydroxyl groups is 1. The van der Waals surface area contributed by atoms with Gasteiger partial charge in [-0.1, -0.05) is 0 Å². The number of aliphatic hydroxyl groups excluding tert-OH is 1. The van der Waals surface area contributed by atoms with E-state index in [2.05, 4.69) is 16.0 Å². The highest BCUT2D eigenvalue weighted by Crippen LogP contribution is 2.18. The number of hydrogen-bond acceptors (Lipinski definition) is 4. The fourth-order valence-electron chi connectivity index (χ4n) is 2.22. The lowest BCUT2D eigenvalue weighted by molar-refractivity contribution is 0.127. The summed E-state index contributed by atoms with van der Waals surface area (Å²) in [6, 6.07) is 5.86. The number of nitriles is 1. The second kappa shape index (κ2) is 5.76. The molecule has 4 nitrogen and oxygen atoms in total. The number of rotatable bonds is 3. The van der Waals surface area contributed by atoms with Crippen molar-refractivity contribution in [1.82, 2.24) is 9.88 Å². The number of likely N-dealkylation sites (tertiary alicyclic amines) is 1. The Morgan fingerprint density at radius 2 is 2.24 bits per heavy atom. The Bertz CT molecular complexity index is 405. The molecule has 0 amide bonds. The number of aromatic nitrogens is 1. The Labute approximate surface area is 102 Å². The molecule has 1 aromatic rings. The van der Waals surface area contributed by atoms with Crippen LogP contribution in [0.3, 0.4) is 0 Å². The molecule has 1 N–H and O–H groups in total. The largest absolute Gasteiger partial charge is 0.396 e. The van der Waals surface area contributed by atoms with E-state index in [1.807, 2.05) is 12.1 Å². The van der Waals surface area contributed by atoms with Crippen LogP contribution in [0.2, 0.25) is 0 Å². The Morgan fingerprint density at radius 1 is 1.47 bits per heavy atom. The van der Waals surface area contributed by atoms with E-state index < -0.39 is 0 Å². The summed E-state index contributed by atoms with van der Waals surface area (Å²) >= 11 is 0. The molecule has 2 rings (SSSR count). The van der Waals surface area contributed by atoms with E-state index in [0.717, 1.165) is 38.0 Å². The summed E-state index contributed by atoms with van der Waals surface area (Å²) in [5.41, 5.74) is 1.62. The molecular weight excluding hydrogens is 214 g/mol. The van der Waals surface area contributed by atoms with Crippen LogP contribution in [0.25, 0.3) is 0 Å². The fourth-order valence-corrected chi connectivity index (χ4v) is 2.22. The van der Waals surface area contributed by atoms with E-state index in [1.165, 1.54) is 0 Å². The van der Waals surface area contributed by atoms with Crippen molar-refractivity contribution < 1.29 is 5.11 Å². The van der Waals surface area contributed by atoms with E-state index in [1.54, 1.807) is 6.20 Å². The van der Waals surface area contributed by atoms with Gasteiger partial charge >= 0.3 is 0 Å². The number of hydrogen-bond donors (Lipinski definition) is 1. The molecule has 0 radical (unpaired) electrons. The van der Waals surface area contributed by atoms with E-state index in [4.69, 9.17) is 10.4 Å². The standard InChI is InChI=1S/C13H17N3O/c14-8-13-7-12(1-4-15-13)9-16-5-2-11(10-17)3-6-16/h1,4,7,11,17H,2-3,5-6,9-10H2. The van der Waals surface area contributed by atoms with E-state index >= 15 is 0 Å². The fraction of sp³-hybridized carbons (Fsp3) is 0.538. The Hall–Kier alpha value is -1.44. The van der Waals surface area contributed by atoms with Crippen LogP contribution in [0, 0.1) is 17.2 Å². The summed E-state index contributed by atoms with van der Waals surface area (Å²) in [4.78, 5) is 6.33. The minimum Gasteiger partial charge on any atom is -0.396 e. The lowest BCUT2D eigenvalue weighted by Gasteiger charge is -2.30. The zero-order chi connectivity index (χ0) is 12.1. The second-order valence-electron chi connectivity index (χ2n) is 4.56. The zero-order valence-electron chi connectivity index (χ0n) is 9.84. The maximum Gasteiger partial charge on any atom is 0.140 e. The van der Waals surface area contributed by atoms with Gasteiger partial charge in [0, 0.05) is 19.3 Å². The number of nitrogens with zero attached hydrogens (tertiary/aromatic N) is 3. The van der Waals surface area contributed by atoms with Gasteiger partial charge in [-0.2, -0.15) is 5.26 Å². The summed E-state index contributed by atoms with van der Waals surface area (Å²) < 4.78 is 0. The molecule has 17 heavy (non-hydrogen) atoms. The topological polar surface area (TPSA) is 60.2 Å². The van der Waals surface area contributed by atoms with E-state index in [9.17, 15) is 0 Å². The third-order valence-electron chi connectivity index (χ3n) is 3.31. The third-order valence-corrected chi connectivity index (χ3v) is 3.31. The minimum atomic E-state index is 0.307. The lowest BCUT2D eigenvalue weighted by Crippen LogP contribution is -2.34. The molecule has 4 heteroatoms. The first kappa shape index (κ1) is 12.0. The average Bonchev–Trinajstić information content (AvgIpc) is 2.40. The summed E-state index contributed by atoms with van der Waals surface area (Å²) in [6.07, 6.45) is 3.81. The Morgan fingerprint density at radius 3 is 2.88 bits per heavy atom. The first-order valence-corrected chi connectivity index (χ1v) is 6.00. The first-order chi connectivity index (χ1) is 8.31. The molecule has 1 saturated heterocycles. The van der Waals surface area contributed by atoms with Gasteiger partial charge in [-0.15, -0.1) is 0 Å². The van der Waals surface area contributed by atoms with Crippen LogP contribution in [0.1, 0.15) is 24.1 Å².